The standard InChI is InChI=1S/C18H16ClF2N7O3/c1-22-14-6-10(26-17(19)27-14)7-23-15-11(8-24-28(15)2)16(29)25-9-3-4-12-13(5-9)31-18(20,21)30-12/h3-6,8,23H,7H2,1-2H3,(H,25,29)(H,22,26,27). The van der Waals surface area contributed by atoms with Crippen molar-refractivity contribution < 1.29 is 23.0 Å². The van der Waals surface area contributed by atoms with E-state index in [1.807, 2.05) is 0 Å². The Morgan fingerprint density at radius 1 is 1.23 bits per heavy atom. The molecular formula is C18H16ClF2N7O3. The van der Waals surface area contributed by atoms with E-state index in [0.717, 1.165) is 0 Å². The fourth-order valence-electron chi connectivity index (χ4n) is 2.90. The molecule has 31 heavy (non-hydrogen) atoms. The van der Waals surface area contributed by atoms with Gasteiger partial charge in [0.25, 0.3) is 5.91 Å². The first-order valence-electron chi connectivity index (χ1n) is 8.92. The maximum atomic E-state index is 13.2. The minimum atomic E-state index is -3.73. The number of hydrogen-bond acceptors (Lipinski definition) is 8. The van der Waals surface area contributed by atoms with E-state index in [1.54, 1.807) is 20.2 Å². The molecule has 1 aliphatic heterocycles. The number of ether oxygens (including phenoxy) is 2. The number of aromatic nitrogens is 4. The molecule has 1 aromatic carbocycles. The largest absolute Gasteiger partial charge is 0.586 e. The lowest BCUT2D eigenvalue weighted by Crippen LogP contribution is -2.25. The number of amides is 1. The number of fused-ring (bicyclic) bond motifs is 1. The maximum Gasteiger partial charge on any atom is 0.586 e. The van der Waals surface area contributed by atoms with Crippen molar-refractivity contribution in [3.8, 4) is 11.5 Å². The molecule has 2 aromatic heterocycles. The lowest BCUT2D eigenvalue weighted by molar-refractivity contribution is -0.286. The molecule has 3 heterocycles. The Morgan fingerprint density at radius 2 is 2.00 bits per heavy atom. The molecule has 4 rings (SSSR count). The predicted octanol–water partition coefficient (Wildman–Crippen LogP) is 3.09. The molecule has 1 aliphatic rings. The van der Waals surface area contributed by atoms with Crippen molar-refractivity contribution in [3.63, 3.8) is 0 Å². The van der Waals surface area contributed by atoms with E-state index in [2.05, 4.69) is 40.5 Å². The van der Waals surface area contributed by atoms with Gasteiger partial charge in [-0.25, -0.2) is 9.97 Å². The number of carbonyl (C=O) groups is 1. The highest BCUT2D eigenvalue weighted by atomic mass is 35.5. The third-order valence-corrected chi connectivity index (χ3v) is 4.46. The van der Waals surface area contributed by atoms with Crippen LogP contribution in [0.2, 0.25) is 5.28 Å². The number of anilines is 3. The van der Waals surface area contributed by atoms with E-state index in [1.165, 1.54) is 29.1 Å². The summed E-state index contributed by atoms with van der Waals surface area (Å²) in [6, 6.07) is 5.66. The number of aryl methyl sites for hydroxylation is 1. The first-order chi connectivity index (χ1) is 14.7. The van der Waals surface area contributed by atoms with E-state index >= 15 is 0 Å². The molecule has 0 saturated heterocycles. The lowest BCUT2D eigenvalue weighted by atomic mass is 10.2. The van der Waals surface area contributed by atoms with Crippen LogP contribution in [0.1, 0.15) is 16.1 Å². The SMILES string of the molecule is CNc1cc(CNc2c(C(=O)Nc3ccc4c(c3)OC(F)(F)O4)cnn2C)nc(Cl)n1. The summed E-state index contributed by atoms with van der Waals surface area (Å²) < 4.78 is 36.6. The fraction of sp³-hybridized carbons (Fsp3) is 0.222. The van der Waals surface area contributed by atoms with Crippen molar-refractivity contribution >= 4 is 34.8 Å². The Hall–Kier alpha value is -3.67. The van der Waals surface area contributed by atoms with Crippen molar-refractivity contribution in [3.05, 3.63) is 47.0 Å². The highest BCUT2D eigenvalue weighted by molar-refractivity contribution is 6.28. The normalized spacial score (nSPS) is 13.7. The quantitative estimate of drug-likeness (QED) is 0.490. The zero-order valence-electron chi connectivity index (χ0n) is 16.2. The number of nitrogens with zero attached hydrogens (tertiary/aromatic N) is 4. The molecule has 0 bridgehead atoms. The maximum absolute atomic E-state index is 13.2. The molecule has 0 aliphatic carbocycles. The molecule has 3 aromatic rings. The number of benzene rings is 1. The van der Waals surface area contributed by atoms with Gasteiger partial charge >= 0.3 is 6.29 Å². The van der Waals surface area contributed by atoms with E-state index in [9.17, 15) is 13.6 Å². The van der Waals surface area contributed by atoms with Crippen molar-refractivity contribution in [1.29, 1.82) is 0 Å². The van der Waals surface area contributed by atoms with E-state index in [4.69, 9.17) is 11.6 Å². The van der Waals surface area contributed by atoms with Gasteiger partial charge in [0.05, 0.1) is 18.4 Å². The van der Waals surface area contributed by atoms with Gasteiger partial charge in [-0.2, -0.15) is 5.10 Å². The number of rotatable bonds is 6. The first-order valence-corrected chi connectivity index (χ1v) is 9.30. The van der Waals surface area contributed by atoms with Crippen molar-refractivity contribution in [2.24, 2.45) is 7.05 Å². The van der Waals surface area contributed by atoms with E-state index in [-0.39, 0.29) is 34.6 Å². The Morgan fingerprint density at radius 3 is 2.77 bits per heavy atom. The van der Waals surface area contributed by atoms with Crippen LogP contribution in [-0.2, 0) is 13.6 Å². The van der Waals surface area contributed by atoms with Crippen molar-refractivity contribution in [2.75, 3.05) is 23.0 Å². The number of carbonyl (C=O) groups excluding carboxylic acids is 1. The predicted molar refractivity (Wildman–Crippen MR) is 108 cm³/mol. The number of halogens is 3. The second-order valence-electron chi connectivity index (χ2n) is 6.43. The third-order valence-electron chi connectivity index (χ3n) is 4.29. The highest BCUT2D eigenvalue weighted by Gasteiger charge is 2.43. The molecule has 0 saturated carbocycles. The molecule has 3 N–H and O–H groups in total. The summed E-state index contributed by atoms with van der Waals surface area (Å²) >= 11 is 5.91. The van der Waals surface area contributed by atoms with Crippen molar-refractivity contribution in [1.82, 2.24) is 19.7 Å². The van der Waals surface area contributed by atoms with Gasteiger partial charge in [-0.3, -0.25) is 9.48 Å². The molecular weight excluding hydrogens is 436 g/mol. The van der Waals surface area contributed by atoms with Crippen molar-refractivity contribution in [2.45, 2.75) is 12.8 Å². The topological polar surface area (TPSA) is 115 Å². The first kappa shape index (κ1) is 20.6. The van der Waals surface area contributed by atoms with Gasteiger partial charge < -0.3 is 25.4 Å². The number of hydrogen-bond donors (Lipinski definition) is 3. The molecule has 162 valence electrons. The molecule has 13 heteroatoms. The van der Waals surface area contributed by atoms with Crippen LogP contribution < -0.4 is 25.4 Å². The molecule has 0 atom stereocenters. The molecule has 0 unspecified atom stereocenters. The summed E-state index contributed by atoms with van der Waals surface area (Å²) in [7, 11) is 3.37. The minimum Gasteiger partial charge on any atom is -0.395 e. The van der Waals surface area contributed by atoms with E-state index in [0.29, 0.717) is 17.3 Å². The Kier molecular flexibility index (Phi) is 5.23. The van der Waals surface area contributed by atoms with Crippen LogP contribution in [0.5, 0.6) is 11.5 Å². The zero-order valence-corrected chi connectivity index (χ0v) is 17.0. The summed E-state index contributed by atoms with van der Waals surface area (Å²) in [5.41, 5.74) is 1.08. The summed E-state index contributed by atoms with van der Waals surface area (Å²) in [5, 5.41) is 12.8. The molecule has 0 radical (unpaired) electrons. The van der Waals surface area contributed by atoms with Crippen LogP contribution in [0.3, 0.4) is 0 Å². The Balaban J connectivity index is 1.49. The van der Waals surface area contributed by atoms with Gasteiger partial charge in [-0.15, -0.1) is 8.78 Å². The second-order valence-corrected chi connectivity index (χ2v) is 6.77. The van der Waals surface area contributed by atoms with Gasteiger partial charge in [0.2, 0.25) is 5.28 Å². The van der Waals surface area contributed by atoms with Crippen LogP contribution in [0.25, 0.3) is 0 Å². The second kappa shape index (κ2) is 7.87. The number of alkyl halides is 2. The monoisotopic (exact) mass is 451 g/mol. The van der Waals surface area contributed by atoms with Crippen LogP contribution in [0, 0.1) is 0 Å². The summed E-state index contributed by atoms with van der Waals surface area (Å²) in [5.74, 6) is 0.182. The van der Waals surface area contributed by atoms with E-state index < -0.39 is 12.2 Å². The number of nitrogens with one attached hydrogen (secondary N) is 3. The molecule has 0 fully saturated rings. The van der Waals surface area contributed by atoms with Crippen LogP contribution in [-0.4, -0.2) is 39.0 Å². The average Bonchev–Trinajstić information content (AvgIpc) is 3.23. The zero-order chi connectivity index (χ0) is 22.2. The van der Waals surface area contributed by atoms with Gasteiger partial charge in [-0.05, 0) is 23.7 Å². The van der Waals surface area contributed by atoms with Gasteiger partial charge in [0, 0.05) is 31.9 Å². The smallest absolute Gasteiger partial charge is 0.395 e. The Bertz CT molecular complexity index is 1160. The van der Waals surface area contributed by atoms with Gasteiger partial charge in [0.15, 0.2) is 11.5 Å². The summed E-state index contributed by atoms with van der Waals surface area (Å²) in [6.07, 6.45) is -2.35. The van der Waals surface area contributed by atoms with Crippen LogP contribution in [0.4, 0.5) is 26.1 Å². The molecule has 10 nitrogen and oxygen atoms in total. The average molecular weight is 452 g/mol. The summed E-state index contributed by atoms with van der Waals surface area (Å²) in [4.78, 5) is 20.9. The lowest BCUT2D eigenvalue weighted by Gasteiger charge is -2.11. The summed E-state index contributed by atoms with van der Waals surface area (Å²) in [6.45, 7) is 0.246. The van der Waals surface area contributed by atoms with Gasteiger partial charge in [0.1, 0.15) is 17.2 Å². The fourth-order valence-corrected chi connectivity index (χ4v) is 3.10. The minimum absolute atomic E-state index is 0.0833. The third kappa shape index (κ3) is 4.43. The molecule has 1 amide bonds. The van der Waals surface area contributed by atoms with Crippen LogP contribution in [0.15, 0.2) is 30.5 Å². The molecule has 0 spiro atoms. The van der Waals surface area contributed by atoms with Crippen LogP contribution >= 0.6 is 11.6 Å². The highest BCUT2D eigenvalue weighted by Crippen LogP contribution is 2.42. The van der Waals surface area contributed by atoms with Gasteiger partial charge in [-0.1, -0.05) is 0 Å². The Labute approximate surface area is 179 Å².